The first-order valence-corrected chi connectivity index (χ1v) is 7.93. The normalized spacial score (nSPS) is 16.7. The summed E-state index contributed by atoms with van der Waals surface area (Å²) in [6, 6.07) is 4.70. The maximum Gasteiger partial charge on any atom is 0.142 e. The molecule has 0 aliphatic carbocycles. The monoisotopic (exact) mass is 319 g/mol. The zero-order valence-electron chi connectivity index (χ0n) is 13.3. The molecular weight excluding hydrogens is 297 g/mol. The Morgan fingerprint density at radius 2 is 2.09 bits per heavy atom. The Hall–Kier alpha value is -1.92. The summed E-state index contributed by atoms with van der Waals surface area (Å²) in [6.07, 6.45) is 5.29. The van der Waals surface area contributed by atoms with E-state index in [0.717, 1.165) is 13.1 Å². The Morgan fingerprint density at radius 1 is 1.30 bits per heavy atom. The molecule has 2 heterocycles. The molecule has 0 spiro atoms. The van der Waals surface area contributed by atoms with Crippen LogP contribution in [0.3, 0.4) is 0 Å². The molecule has 0 bridgehead atoms. The Labute approximate surface area is 135 Å². The van der Waals surface area contributed by atoms with E-state index < -0.39 is 6.10 Å². The zero-order valence-corrected chi connectivity index (χ0v) is 13.3. The van der Waals surface area contributed by atoms with Gasteiger partial charge in [-0.1, -0.05) is 0 Å². The number of aliphatic hydroxyl groups excluding tert-OH is 1. The van der Waals surface area contributed by atoms with Gasteiger partial charge in [0.1, 0.15) is 17.4 Å². The van der Waals surface area contributed by atoms with Gasteiger partial charge in [-0.2, -0.15) is 0 Å². The number of rotatable bonds is 6. The van der Waals surface area contributed by atoms with Crippen molar-refractivity contribution in [3.8, 4) is 17.1 Å². The summed E-state index contributed by atoms with van der Waals surface area (Å²) in [7, 11) is 1.50. The fraction of sp³-hybridized carbons (Fsp3) is 0.471. The van der Waals surface area contributed by atoms with Gasteiger partial charge < -0.3 is 19.3 Å². The number of hydrogen-bond acceptors (Lipinski definition) is 4. The van der Waals surface area contributed by atoms with Gasteiger partial charge in [-0.25, -0.2) is 9.37 Å². The summed E-state index contributed by atoms with van der Waals surface area (Å²) < 4.78 is 21.1. The van der Waals surface area contributed by atoms with Crippen molar-refractivity contribution in [1.29, 1.82) is 0 Å². The number of likely N-dealkylation sites (tertiary alicyclic amines) is 1. The smallest absolute Gasteiger partial charge is 0.142 e. The molecule has 1 aromatic carbocycles. The van der Waals surface area contributed by atoms with Crippen LogP contribution in [-0.4, -0.2) is 52.4 Å². The molecule has 1 atom stereocenters. The molecule has 6 heteroatoms. The van der Waals surface area contributed by atoms with Gasteiger partial charge in [0.25, 0.3) is 0 Å². The molecule has 23 heavy (non-hydrogen) atoms. The van der Waals surface area contributed by atoms with Crippen molar-refractivity contribution in [1.82, 2.24) is 14.5 Å². The zero-order chi connectivity index (χ0) is 16.2. The number of benzene rings is 1. The van der Waals surface area contributed by atoms with Gasteiger partial charge in [0.2, 0.25) is 0 Å². The van der Waals surface area contributed by atoms with Crippen molar-refractivity contribution in [2.45, 2.75) is 25.5 Å². The summed E-state index contributed by atoms with van der Waals surface area (Å²) in [5.74, 6) is 0.606. The lowest BCUT2D eigenvalue weighted by Gasteiger charge is -2.20. The first-order chi connectivity index (χ1) is 11.2. The van der Waals surface area contributed by atoms with Gasteiger partial charge in [-0.05, 0) is 38.1 Å². The van der Waals surface area contributed by atoms with E-state index in [4.69, 9.17) is 4.74 Å². The van der Waals surface area contributed by atoms with Gasteiger partial charge in [0.15, 0.2) is 0 Å². The second-order valence-electron chi connectivity index (χ2n) is 5.91. The predicted molar refractivity (Wildman–Crippen MR) is 85.9 cm³/mol. The van der Waals surface area contributed by atoms with Gasteiger partial charge in [0, 0.05) is 25.0 Å². The van der Waals surface area contributed by atoms with Crippen LogP contribution in [-0.2, 0) is 6.54 Å². The van der Waals surface area contributed by atoms with Crippen molar-refractivity contribution in [3.63, 3.8) is 0 Å². The van der Waals surface area contributed by atoms with Crippen LogP contribution in [0, 0.1) is 5.82 Å². The van der Waals surface area contributed by atoms with Crippen molar-refractivity contribution in [2.75, 3.05) is 26.7 Å². The van der Waals surface area contributed by atoms with E-state index in [2.05, 4.69) is 9.88 Å². The lowest BCUT2D eigenvalue weighted by molar-refractivity contribution is 0.109. The number of imidazole rings is 1. The predicted octanol–water partition coefficient (Wildman–Crippen LogP) is 2.15. The standard InChI is InChI=1S/C17H22FN3O2/c1-23-14-4-5-15(16(18)10-14)17-19-6-9-21(17)12-13(22)11-20-7-2-3-8-20/h4-6,9-10,13,22H,2-3,7-8,11-12H2,1H3/t13-/m0/s1. The summed E-state index contributed by atoms with van der Waals surface area (Å²) in [6.45, 7) is 3.13. The molecule has 5 nitrogen and oxygen atoms in total. The minimum absolute atomic E-state index is 0.383. The summed E-state index contributed by atoms with van der Waals surface area (Å²) in [5.41, 5.74) is 0.407. The molecule has 1 N–H and O–H groups in total. The van der Waals surface area contributed by atoms with E-state index in [1.807, 2.05) is 0 Å². The minimum atomic E-state index is -0.498. The summed E-state index contributed by atoms with van der Waals surface area (Å²) in [4.78, 5) is 6.50. The Kier molecular flexibility index (Phi) is 4.93. The number of hydrogen-bond donors (Lipinski definition) is 1. The molecule has 2 aromatic rings. The number of ether oxygens (including phenoxy) is 1. The summed E-state index contributed by atoms with van der Waals surface area (Å²) >= 11 is 0. The summed E-state index contributed by atoms with van der Waals surface area (Å²) in [5, 5.41) is 10.3. The van der Waals surface area contributed by atoms with Gasteiger partial charge in [-0.3, -0.25) is 0 Å². The molecule has 1 aliphatic rings. The molecule has 0 radical (unpaired) electrons. The highest BCUT2D eigenvalue weighted by Gasteiger charge is 2.18. The third kappa shape index (κ3) is 3.71. The number of nitrogens with zero attached hydrogens (tertiary/aromatic N) is 3. The number of aromatic nitrogens is 2. The lowest BCUT2D eigenvalue weighted by Crippen LogP contribution is -2.32. The van der Waals surface area contributed by atoms with Crippen LogP contribution in [0.4, 0.5) is 4.39 Å². The van der Waals surface area contributed by atoms with Crippen LogP contribution < -0.4 is 4.74 Å². The average molecular weight is 319 g/mol. The number of β-amino-alcohol motifs (C(OH)–C–C–N with tert-alkyl or cyclic N) is 1. The van der Waals surface area contributed by atoms with Gasteiger partial charge >= 0.3 is 0 Å². The van der Waals surface area contributed by atoms with Crippen LogP contribution in [0.2, 0.25) is 0 Å². The molecule has 1 aromatic heterocycles. The largest absolute Gasteiger partial charge is 0.497 e. The number of methoxy groups -OCH3 is 1. The van der Waals surface area contributed by atoms with Crippen LogP contribution in [0.5, 0.6) is 5.75 Å². The molecule has 1 fully saturated rings. The molecule has 0 saturated carbocycles. The van der Waals surface area contributed by atoms with E-state index >= 15 is 0 Å². The molecule has 0 unspecified atom stereocenters. The van der Waals surface area contributed by atoms with E-state index in [9.17, 15) is 9.50 Å². The van der Waals surface area contributed by atoms with Crippen molar-refractivity contribution in [2.24, 2.45) is 0 Å². The Balaban J connectivity index is 1.74. The maximum atomic E-state index is 14.2. The average Bonchev–Trinajstić information content (AvgIpc) is 3.19. The highest BCUT2D eigenvalue weighted by Crippen LogP contribution is 2.25. The van der Waals surface area contributed by atoms with Gasteiger partial charge in [0.05, 0.1) is 25.3 Å². The number of aliphatic hydroxyl groups is 1. The molecular formula is C17H22FN3O2. The highest BCUT2D eigenvalue weighted by molar-refractivity contribution is 5.58. The first-order valence-electron chi connectivity index (χ1n) is 7.93. The Morgan fingerprint density at radius 3 is 2.78 bits per heavy atom. The highest BCUT2D eigenvalue weighted by atomic mass is 19.1. The van der Waals surface area contributed by atoms with Crippen molar-refractivity contribution < 1.29 is 14.2 Å². The van der Waals surface area contributed by atoms with E-state index in [1.54, 1.807) is 29.1 Å². The third-order valence-electron chi connectivity index (χ3n) is 4.21. The van der Waals surface area contributed by atoms with E-state index in [-0.39, 0.29) is 5.82 Å². The van der Waals surface area contributed by atoms with E-state index in [0.29, 0.717) is 30.2 Å². The van der Waals surface area contributed by atoms with Crippen LogP contribution in [0.15, 0.2) is 30.6 Å². The molecule has 3 rings (SSSR count). The molecule has 0 amide bonds. The second-order valence-corrected chi connectivity index (χ2v) is 5.91. The number of halogens is 1. The Bertz CT molecular complexity index is 653. The molecule has 1 saturated heterocycles. The first kappa shape index (κ1) is 16.0. The van der Waals surface area contributed by atoms with Crippen molar-refractivity contribution in [3.05, 3.63) is 36.4 Å². The fourth-order valence-corrected chi connectivity index (χ4v) is 3.05. The molecule has 124 valence electrons. The van der Waals surface area contributed by atoms with Crippen LogP contribution in [0.1, 0.15) is 12.8 Å². The van der Waals surface area contributed by atoms with Crippen molar-refractivity contribution >= 4 is 0 Å². The SMILES string of the molecule is COc1ccc(-c2nccn2C[C@@H](O)CN2CCCC2)c(F)c1. The van der Waals surface area contributed by atoms with Crippen LogP contribution in [0.25, 0.3) is 11.4 Å². The van der Waals surface area contributed by atoms with E-state index in [1.165, 1.54) is 26.0 Å². The third-order valence-corrected chi connectivity index (χ3v) is 4.21. The quantitative estimate of drug-likeness (QED) is 0.886. The topological polar surface area (TPSA) is 50.5 Å². The van der Waals surface area contributed by atoms with Gasteiger partial charge in [-0.15, -0.1) is 0 Å². The lowest BCUT2D eigenvalue weighted by atomic mass is 10.2. The molecule has 1 aliphatic heterocycles. The minimum Gasteiger partial charge on any atom is -0.497 e. The van der Waals surface area contributed by atoms with Crippen LogP contribution >= 0.6 is 0 Å². The maximum absolute atomic E-state index is 14.2. The second kappa shape index (κ2) is 7.10. The fourth-order valence-electron chi connectivity index (χ4n) is 3.05.